The van der Waals surface area contributed by atoms with Crippen molar-refractivity contribution in [2.45, 2.75) is 25.9 Å². The van der Waals surface area contributed by atoms with Gasteiger partial charge in [-0.2, -0.15) is 0 Å². The highest BCUT2D eigenvalue weighted by molar-refractivity contribution is 5.67. The molecule has 0 spiro atoms. The highest BCUT2D eigenvalue weighted by Gasteiger charge is 2.30. The molecule has 1 aliphatic carbocycles. The average Bonchev–Trinajstić information content (AvgIpc) is 2.39. The molecule has 0 aliphatic heterocycles. The first kappa shape index (κ1) is 14.4. The minimum atomic E-state index is -0.747. The normalized spacial score (nSPS) is 20.8. The number of aliphatic carboxylic acids is 1. The van der Waals surface area contributed by atoms with E-state index in [9.17, 15) is 9.59 Å². The third-order valence-corrected chi connectivity index (χ3v) is 3.54. The van der Waals surface area contributed by atoms with Gasteiger partial charge in [0.15, 0.2) is 0 Å². The lowest BCUT2D eigenvalue weighted by Gasteiger charge is -2.34. The Labute approximate surface area is 117 Å². The van der Waals surface area contributed by atoms with Crippen molar-refractivity contribution < 1.29 is 19.4 Å². The molecular formula is C15H19NO4. The third kappa shape index (κ3) is 4.57. The first-order chi connectivity index (χ1) is 9.63. The lowest BCUT2D eigenvalue weighted by atomic mass is 9.73. The van der Waals surface area contributed by atoms with Crippen molar-refractivity contribution in [1.82, 2.24) is 5.32 Å². The summed E-state index contributed by atoms with van der Waals surface area (Å²) in [4.78, 5) is 22.0. The molecule has 0 bridgehead atoms. The molecule has 5 heteroatoms. The van der Waals surface area contributed by atoms with Crippen LogP contribution in [0.3, 0.4) is 0 Å². The molecule has 2 rings (SSSR count). The molecule has 1 aromatic carbocycles. The van der Waals surface area contributed by atoms with Crippen LogP contribution in [0.1, 0.15) is 24.8 Å². The monoisotopic (exact) mass is 277 g/mol. The van der Waals surface area contributed by atoms with E-state index in [-0.39, 0.29) is 18.9 Å². The minimum Gasteiger partial charge on any atom is -0.481 e. The summed E-state index contributed by atoms with van der Waals surface area (Å²) in [6, 6.07) is 9.50. The van der Waals surface area contributed by atoms with Crippen LogP contribution >= 0.6 is 0 Å². The van der Waals surface area contributed by atoms with E-state index in [1.807, 2.05) is 30.3 Å². The number of hydrogen-bond donors (Lipinski definition) is 2. The van der Waals surface area contributed by atoms with Crippen molar-refractivity contribution in [3.05, 3.63) is 35.9 Å². The zero-order chi connectivity index (χ0) is 14.4. The van der Waals surface area contributed by atoms with Crippen molar-refractivity contribution in [2.75, 3.05) is 6.54 Å². The Morgan fingerprint density at radius 3 is 2.55 bits per heavy atom. The van der Waals surface area contributed by atoms with Crippen LogP contribution in [0.4, 0.5) is 4.79 Å². The molecule has 0 saturated heterocycles. The second-order valence-electron chi connectivity index (χ2n) is 5.24. The molecule has 0 heterocycles. The number of nitrogens with one attached hydrogen (secondary N) is 1. The molecule has 0 aromatic heterocycles. The summed E-state index contributed by atoms with van der Waals surface area (Å²) in [6.07, 6.45) is 1.54. The van der Waals surface area contributed by atoms with Crippen LogP contribution in [0, 0.1) is 11.8 Å². The number of alkyl carbamates (subject to hydrolysis) is 1. The molecule has 1 aliphatic rings. The number of carbonyl (C=O) groups is 2. The van der Waals surface area contributed by atoms with E-state index in [1.165, 1.54) is 0 Å². The second kappa shape index (κ2) is 6.93. The van der Waals surface area contributed by atoms with Crippen molar-refractivity contribution in [1.29, 1.82) is 0 Å². The van der Waals surface area contributed by atoms with Gasteiger partial charge in [0.25, 0.3) is 0 Å². The SMILES string of the molecule is O=C(O)CC1CC(CNC(=O)OCc2ccccc2)C1. The maximum absolute atomic E-state index is 11.5. The van der Waals surface area contributed by atoms with Gasteiger partial charge in [-0.25, -0.2) is 4.79 Å². The molecule has 20 heavy (non-hydrogen) atoms. The van der Waals surface area contributed by atoms with Gasteiger partial charge in [0.2, 0.25) is 0 Å². The van der Waals surface area contributed by atoms with Gasteiger partial charge in [-0.1, -0.05) is 30.3 Å². The predicted molar refractivity (Wildman–Crippen MR) is 73.1 cm³/mol. The largest absolute Gasteiger partial charge is 0.481 e. The minimum absolute atomic E-state index is 0.231. The van der Waals surface area contributed by atoms with Gasteiger partial charge in [0.1, 0.15) is 6.61 Å². The lowest BCUT2D eigenvalue weighted by molar-refractivity contribution is -0.139. The Bertz CT molecular complexity index is 454. The Morgan fingerprint density at radius 1 is 1.20 bits per heavy atom. The van der Waals surface area contributed by atoms with Gasteiger partial charge in [-0.15, -0.1) is 0 Å². The van der Waals surface area contributed by atoms with Crippen molar-refractivity contribution >= 4 is 12.1 Å². The molecule has 2 N–H and O–H groups in total. The Morgan fingerprint density at radius 2 is 1.90 bits per heavy atom. The smallest absolute Gasteiger partial charge is 0.407 e. The summed E-state index contributed by atoms with van der Waals surface area (Å²) < 4.78 is 5.09. The number of carbonyl (C=O) groups excluding carboxylic acids is 1. The van der Waals surface area contributed by atoms with Crippen molar-refractivity contribution in [3.8, 4) is 0 Å². The lowest BCUT2D eigenvalue weighted by Crippen LogP contribution is -2.37. The molecule has 1 aromatic rings. The van der Waals surface area contributed by atoms with Crippen molar-refractivity contribution in [3.63, 3.8) is 0 Å². The number of hydrogen-bond acceptors (Lipinski definition) is 3. The molecule has 0 radical (unpaired) electrons. The van der Waals surface area contributed by atoms with E-state index in [1.54, 1.807) is 0 Å². The molecule has 108 valence electrons. The Balaban J connectivity index is 1.56. The maximum Gasteiger partial charge on any atom is 0.407 e. The van der Waals surface area contributed by atoms with Crippen LogP contribution in [0.25, 0.3) is 0 Å². The quantitative estimate of drug-likeness (QED) is 0.837. The van der Waals surface area contributed by atoms with Gasteiger partial charge in [-0.05, 0) is 30.2 Å². The van der Waals surface area contributed by atoms with E-state index in [0.717, 1.165) is 18.4 Å². The van der Waals surface area contributed by atoms with Gasteiger partial charge in [0, 0.05) is 13.0 Å². The molecule has 1 saturated carbocycles. The summed E-state index contributed by atoms with van der Waals surface area (Å²) in [5.41, 5.74) is 0.952. The van der Waals surface area contributed by atoms with E-state index < -0.39 is 12.1 Å². The Kier molecular flexibility index (Phi) is 4.98. The number of carboxylic acids is 1. The van der Waals surface area contributed by atoms with Gasteiger partial charge in [-0.3, -0.25) is 4.79 Å². The summed E-state index contributed by atoms with van der Waals surface area (Å²) in [5, 5.41) is 11.4. The number of rotatable bonds is 6. The highest BCUT2D eigenvalue weighted by Crippen LogP contribution is 2.35. The van der Waals surface area contributed by atoms with Crippen LogP contribution in [-0.4, -0.2) is 23.7 Å². The molecular weight excluding hydrogens is 258 g/mol. The fourth-order valence-corrected chi connectivity index (χ4v) is 2.46. The second-order valence-corrected chi connectivity index (χ2v) is 5.24. The summed E-state index contributed by atoms with van der Waals surface area (Å²) in [5.74, 6) is -0.105. The first-order valence-corrected chi connectivity index (χ1v) is 6.80. The predicted octanol–water partition coefficient (Wildman–Crippen LogP) is 2.41. The van der Waals surface area contributed by atoms with E-state index in [2.05, 4.69) is 5.32 Å². The van der Waals surface area contributed by atoms with E-state index in [4.69, 9.17) is 9.84 Å². The molecule has 1 amide bonds. The number of amides is 1. The van der Waals surface area contributed by atoms with Crippen LogP contribution < -0.4 is 5.32 Å². The van der Waals surface area contributed by atoms with Gasteiger partial charge >= 0.3 is 12.1 Å². The van der Waals surface area contributed by atoms with Crippen molar-refractivity contribution in [2.24, 2.45) is 11.8 Å². The van der Waals surface area contributed by atoms with Gasteiger partial charge < -0.3 is 15.2 Å². The molecule has 0 atom stereocenters. The average molecular weight is 277 g/mol. The Hall–Kier alpha value is -2.04. The highest BCUT2D eigenvalue weighted by atomic mass is 16.5. The number of benzene rings is 1. The van der Waals surface area contributed by atoms with Crippen LogP contribution in [0.2, 0.25) is 0 Å². The first-order valence-electron chi connectivity index (χ1n) is 6.80. The summed E-state index contributed by atoms with van der Waals surface area (Å²) >= 11 is 0. The summed E-state index contributed by atoms with van der Waals surface area (Å²) in [6.45, 7) is 0.822. The number of carboxylic acid groups (broad SMARTS) is 1. The fourth-order valence-electron chi connectivity index (χ4n) is 2.46. The van der Waals surface area contributed by atoms with E-state index >= 15 is 0 Å². The molecule has 1 fully saturated rings. The van der Waals surface area contributed by atoms with Crippen LogP contribution in [-0.2, 0) is 16.1 Å². The third-order valence-electron chi connectivity index (χ3n) is 3.54. The fraction of sp³-hybridized carbons (Fsp3) is 0.467. The van der Waals surface area contributed by atoms with Crippen LogP contribution in [0.15, 0.2) is 30.3 Å². The standard InChI is InChI=1S/C15H19NO4/c17-14(18)8-12-6-13(7-12)9-16-15(19)20-10-11-4-2-1-3-5-11/h1-5,12-13H,6-10H2,(H,16,19)(H,17,18). The van der Waals surface area contributed by atoms with Crippen LogP contribution in [0.5, 0.6) is 0 Å². The van der Waals surface area contributed by atoms with E-state index in [0.29, 0.717) is 12.5 Å². The zero-order valence-electron chi connectivity index (χ0n) is 11.2. The number of ether oxygens (including phenoxy) is 1. The molecule has 5 nitrogen and oxygen atoms in total. The zero-order valence-corrected chi connectivity index (χ0v) is 11.2. The molecule has 0 unspecified atom stereocenters. The van der Waals surface area contributed by atoms with Gasteiger partial charge in [0.05, 0.1) is 0 Å². The maximum atomic E-state index is 11.5. The topological polar surface area (TPSA) is 75.6 Å². The summed E-state index contributed by atoms with van der Waals surface area (Å²) in [7, 11) is 0.